The molecule has 0 spiro atoms. The average Bonchev–Trinajstić information content (AvgIpc) is 2.66. The number of hydrogen-bond donors (Lipinski definition) is 2. The van der Waals surface area contributed by atoms with E-state index in [1.54, 1.807) is 11.3 Å². The van der Waals surface area contributed by atoms with Gasteiger partial charge in [-0.2, -0.15) is 0 Å². The minimum Gasteiger partial charge on any atom is -0.310 e. The summed E-state index contributed by atoms with van der Waals surface area (Å²) in [6.07, 6.45) is 0. The van der Waals surface area contributed by atoms with Crippen LogP contribution < -0.4 is 11.3 Å². The van der Waals surface area contributed by atoms with Crippen molar-refractivity contribution in [3.63, 3.8) is 0 Å². The number of nitrogens with zero attached hydrogens (tertiary/aromatic N) is 2. The second kappa shape index (κ2) is 5.60. The van der Waals surface area contributed by atoms with E-state index in [9.17, 15) is 0 Å². The molecule has 0 saturated heterocycles. The number of benzene rings is 1. The minimum atomic E-state index is 0.439. The van der Waals surface area contributed by atoms with Crippen molar-refractivity contribution in [1.29, 1.82) is 0 Å². The van der Waals surface area contributed by atoms with Gasteiger partial charge >= 0.3 is 0 Å². The van der Waals surface area contributed by atoms with Crippen LogP contribution in [0, 0.1) is 13.8 Å². The van der Waals surface area contributed by atoms with Crippen LogP contribution in [-0.4, -0.2) is 18.1 Å². The molecule has 1 aromatic heterocycles. The molecule has 0 saturated carbocycles. The highest BCUT2D eigenvalue weighted by molar-refractivity contribution is 7.16. The molecule has 0 aliphatic carbocycles. The molecule has 0 unspecified atom stereocenters. The Morgan fingerprint density at radius 2 is 1.95 bits per heavy atom. The van der Waals surface area contributed by atoms with E-state index in [1.165, 1.54) is 10.4 Å². The van der Waals surface area contributed by atoms with Gasteiger partial charge in [0.05, 0.1) is 12.3 Å². The summed E-state index contributed by atoms with van der Waals surface area (Å²) in [5, 5.41) is 1.66. The first-order chi connectivity index (χ1) is 10.1. The average molecular weight is 319 g/mol. The fourth-order valence-electron chi connectivity index (χ4n) is 2.28. The number of aryl methyl sites for hydroxylation is 1. The Kier molecular flexibility index (Phi) is 3.80. The zero-order chi connectivity index (χ0) is 15.0. The van der Waals surface area contributed by atoms with E-state index in [0.717, 1.165) is 21.8 Å². The Hall–Kier alpha value is -1.69. The topological polar surface area (TPSA) is 62.8 Å². The summed E-state index contributed by atoms with van der Waals surface area (Å²) in [5.41, 5.74) is 6.90. The molecule has 3 rings (SSSR count). The van der Waals surface area contributed by atoms with E-state index in [-0.39, 0.29) is 0 Å². The van der Waals surface area contributed by atoms with Gasteiger partial charge in [-0.15, -0.1) is 11.3 Å². The summed E-state index contributed by atoms with van der Waals surface area (Å²) in [4.78, 5) is 10.5. The number of nitrogens with two attached hydrogens (primary N) is 1. The lowest BCUT2D eigenvalue weighted by Crippen LogP contribution is -2.32. The monoisotopic (exact) mass is 318 g/mol. The first-order valence-electron chi connectivity index (χ1n) is 6.55. The van der Waals surface area contributed by atoms with E-state index in [0.29, 0.717) is 17.4 Å². The molecule has 6 heteroatoms. The highest BCUT2D eigenvalue weighted by Crippen LogP contribution is 2.37. The van der Waals surface area contributed by atoms with Crippen molar-refractivity contribution in [3.05, 3.63) is 50.9 Å². The predicted molar refractivity (Wildman–Crippen MR) is 90.2 cm³/mol. The molecule has 0 radical (unpaired) electrons. The maximum Gasteiger partial charge on any atom is 0.139 e. The molecule has 1 aromatic carbocycles. The van der Waals surface area contributed by atoms with Gasteiger partial charge in [0.25, 0.3) is 0 Å². The third-order valence-electron chi connectivity index (χ3n) is 3.51. The van der Waals surface area contributed by atoms with Gasteiger partial charge in [0, 0.05) is 21.0 Å². The van der Waals surface area contributed by atoms with Crippen LogP contribution in [0.5, 0.6) is 0 Å². The highest BCUT2D eigenvalue weighted by Gasteiger charge is 2.21. The first-order valence-corrected chi connectivity index (χ1v) is 7.74. The summed E-state index contributed by atoms with van der Waals surface area (Å²) in [7, 11) is 0. The van der Waals surface area contributed by atoms with E-state index in [4.69, 9.17) is 22.4 Å². The predicted octanol–water partition coefficient (Wildman–Crippen LogP) is 3.36. The summed E-state index contributed by atoms with van der Waals surface area (Å²) < 4.78 is 0. The largest absolute Gasteiger partial charge is 0.310 e. The van der Waals surface area contributed by atoms with Crippen LogP contribution in [0.25, 0.3) is 0 Å². The fourth-order valence-corrected chi connectivity index (χ4v) is 3.46. The van der Waals surface area contributed by atoms with Crippen molar-refractivity contribution in [2.75, 3.05) is 6.54 Å². The van der Waals surface area contributed by atoms with Crippen LogP contribution in [0.1, 0.15) is 21.6 Å². The number of hydrazine groups is 1. The molecule has 0 amide bonds. The van der Waals surface area contributed by atoms with Crippen molar-refractivity contribution >= 4 is 39.5 Å². The molecule has 2 heterocycles. The fraction of sp³-hybridized carbons (Fsp3) is 0.200. The number of fused-ring (bicyclic) bond motifs is 1. The Bertz CT molecular complexity index is 744. The molecule has 0 atom stereocenters. The van der Waals surface area contributed by atoms with Gasteiger partial charge < -0.3 is 5.43 Å². The number of rotatable bonds is 1. The van der Waals surface area contributed by atoms with Crippen molar-refractivity contribution in [1.82, 2.24) is 5.43 Å². The molecule has 3 N–H and O–H groups in total. The van der Waals surface area contributed by atoms with E-state index < -0.39 is 0 Å². The van der Waals surface area contributed by atoms with Gasteiger partial charge in [0.1, 0.15) is 10.8 Å². The van der Waals surface area contributed by atoms with E-state index in [1.807, 2.05) is 24.3 Å². The summed E-state index contributed by atoms with van der Waals surface area (Å²) in [6, 6.07) is 7.72. The van der Waals surface area contributed by atoms with Crippen LogP contribution in [0.4, 0.5) is 5.00 Å². The van der Waals surface area contributed by atoms with Gasteiger partial charge in [-0.1, -0.05) is 23.7 Å². The van der Waals surface area contributed by atoms with Crippen LogP contribution in [0.15, 0.2) is 34.3 Å². The minimum absolute atomic E-state index is 0.439. The number of thiophene rings is 1. The quantitative estimate of drug-likeness (QED) is 0.625. The molecule has 2 aromatic rings. The number of aliphatic imine (C=N–C) groups is 2. The Morgan fingerprint density at radius 3 is 2.62 bits per heavy atom. The second-order valence-corrected chi connectivity index (χ2v) is 6.48. The maximum absolute atomic E-state index is 5.98. The Morgan fingerprint density at radius 1 is 1.24 bits per heavy atom. The third kappa shape index (κ3) is 2.60. The normalized spacial score (nSPS) is 14.1. The van der Waals surface area contributed by atoms with Gasteiger partial charge in [-0.25, -0.2) is 10.8 Å². The van der Waals surface area contributed by atoms with Crippen molar-refractivity contribution in [3.8, 4) is 0 Å². The lowest BCUT2D eigenvalue weighted by molar-refractivity contribution is 0.993. The Labute approximate surface area is 132 Å². The number of amidine groups is 1. The van der Waals surface area contributed by atoms with Crippen molar-refractivity contribution < 1.29 is 0 Å². The van der Waals surface area contributed by atoms with Gasteiger partial charge in [-0.3, -0.25) is 4.99 Å². The van der Waals surface area contributed by atoms with Gasteiger partial charge in [-0.05, 0) is 31.5 Å². The summed E-state index contributed by atoms with van der Waals surface area (Å²) >= 11 is 7.64. The SMILES string of the molecule is Cc1sc2c(c1C)C(c1ccc(Cl)cc1)=NCC(NN)=N2. The van der Waals surface area contributed by atoms with Crippen LogP contribution >= 0.6 is 22.9 Å². The molecule has 21 heavy (non-hydrogen) atoms. The first kappa shape index (κ1) is 14.3. The molecule has 0 bridgehead atoms. The number of nitrogens with one attached hydrogen (secondary N) is 1. The van der Waals surface area contributed by atoms with Crippen LogP contribution in [0.2, 0.25) is 5.02 Å². The molecule has 1 aliphatic heterocycles. The Balaban J connectivity index is 2.19. The maximum atomic E-state index is 5.98. The van der Waals surface area contributed by atoms with Crippen molar-refractivity contribution in [2.45, 2.75) is 13.8 Å². The number of hydrogen-bond acceptors (Lipinski definition) is 5. The molecular weight excluding hydrogens is 304 g/mol. The second-order valence-electron chi connectivity index (χ2n) is 4.84. The smallest absolute Gasteiger partial charge is 0.139 e. The summed E-state index contributed by atoms with van der Waals surface area (Å²) in [6.45, 7) is 4.64. The van der Waals surface area contributed by atoms with Crippen molar-refractivity contribution in [2.24, 2.45) is 15.8 Å². The lowest BCUT2D eigenvalue weighted by atomic mass is 10.00. The molecule has 108 valence electrons. The van der Waals surface area contributed by atoms with E-state index >= 15 is 0 Å². The third-order valence-corrected chi connectivity index (χ3v) is 4.86. The summed E-state index contributed by atoms with van der Waals surface area (Å²) in [5.74, 6) is 6.18. The number of halogens is 1. The zero-order valence-electron chi connectivity index (χ0n) is 11.8. The zero-order valence-corrected chi connectivity index (χ0v) is 13.3. The molecular formula is C15H15ClN4S. The lowest BCUT2D eigenvalue weighted by Gasteiger charge is -2.07. The van der Waals surface area contributed by atoms with Crippen LogP contribution in [0.3, 0.4) is 0 Å². The van der Waals surface area contributed by atoms with Gasteiger partial charge in [0.2, 0.25) is 0 Å². The van der Waals surface area contributed by atoms with Gasteiger partial charge in [0.15, 0.2) is 0 Å². The van der Waals surface area contributed by atoms with E-state index in [2.05, 4.69) is 24.3 Å². The highest BCUT2D eigenvalue weighted by atomic mass is 35.5. The molecule has 1 aliphatic rings. The molecule has 4 nitrogen and oxygen atoms in total. The standard InChI is InChI=1S/C15H15ClN4S/c1-8-9(2)21-15-13(8)14(18-7-12(19-15)20-17)10-3-5-11(16)6-4-10/h3-6H,7,17H2,1-2H3,(H,19,20). The van der Waals surface area contributed by atoms with Crippen LogP contribution in [-0.2, 0) is 0 Å². The molecule has 0 fully saturated rings.